The van der Waals surface area contributed by atoms with Crippen LogP contribution in [0.4, 0.5) is 0 Å². The van der Waals surface area contributed by atoms with Gasteiger partial charge < -0.3 is 9.72 Å². The van der Waals surface area contributed by atoms with E-state index in [0.717, 1.165) is 21.9 Å². The largest absolute Gasteiger partial charge is 0.481 e. The number of ether oxygens (including phenoxy) is 1. The van der Waals surface area contributed by atoms with Crippen LogP contribution in [0.1, 0.15) is 0 Å². The van der Waals surface area contributed by atoms with Crippen LogP contribution in [0, 0.1) is 0 Å². The molecule has 3 aromatic rings. The number of rotatable bonds is 1. The molecule has 0 unspecified atom stereocenters. The zero-order valence-electron chi connectivity index (χ0n) is 8.49. The van der Waals surface area contributed by atoms with Crippen molar-refractivity contribution in [2.75, 3.05) is 7.11 Å². The zero-order chi connectivity index (χ0) is 11.1. The van der Waals surface area contributed by atoms with E-state index in [1.54, 1.807) is 19.4 Å². The molecule has 0 aromatic carbocycles. The Bertz CT molecular complexity index is 677. The second-order valence-corrected chi connectivity index (χ2v) is 3.81. The number of hydrogen-bond donors (Lipinski definition) is 1. The predicted molar refractivity (Wildman–Crippen MR) is 63.0 cm³/mol. The van der Waals surface area contributed by atoms with Crippen molar-refractivity contribution in [3.63, 3.8) is 0 Å². The Labute approximate surface area is 96.2 Å². The number of aromatic nitrogens is 3. The first kappa shape index (κ1) is 9.42. The Balaban J connectivity index is 2.40. The average molecular weight is 234 g/mol. The molecule has 0 atom stereocenters. The van der Waals surface area contributed by atoms with E-state index in [9.17, 15) is 0 Å². The smallest absolute Gasteiger partial charge is 0.215 e. The van der Waals surface area contributed by atoms with Crippen LogP contribution in [0.2, 0.25) is 5.15 Å². The van der Waals surface area contributed by atoms with Gasteiger partial charge >= 0.3 is 0 Å². The van der Waals surface area contributed by atoms with E-state index in [0.29, 0.717) is 11.0 Å². The molecule has 16 heavy (non-hydrogen) atoms. The second kappa shape index (κ2) is 3.35. The Hall–Kier alpha value is -1.81. The molecule has 5 heteroatoms. The minimum absolute atomic E-state index is 0.471. The fourth-order valence-electron chi connectivity index (χ4n) is 1.74. The summed E-state index contributed by atoms with van der Waals surface area (Å²) in [5, 5.41) is 2.49. The molecule has 1 N–H and O–H groups in total. The summed E-state index contributed by atoms with van der Waals surface area (Å²) in [4.78, 5) is 11.6. The maximum atomic E-state index is 5.83. The lowest BCUT2D eigenvalue weighted by molar-refractivity contribution is 0.398. The number of methoxy groups -OCH3 is 1. The lowest BCUT2D eigenvalue weighted by Crippen LogP contribution is -1.85. The van der Waals surface area contributed by atoms with Gasteiger partial charge in [0.05, 0.1) is 12.6 Å². The summed E-state index contributed by atoms with van der Waals surface area (Å²) in [6, 6.07) is 5.53. The van der Waals surface area contributed by atoms with Crippen LogP contribution < -0.4 is 4.74 Å². The molecule has 4 nitrogen and oxygen atoms in total. The lowest BCUT2D eigenvalue weighted by Gasteiger charge is -1.96. The van der Waals surface area contributed by atoms with Crippen molar-refractivity contribution in [1.82, 2.24) is 15.0 Å². The Kier molecular flexibility index (Phi) is 1.97. The van der Waals surface area contributed by atoms with Gasteiger partial charge in [0.2, 0.25) is 5.88 Å². The van der Waals surface area contributed by atoms with Gasteiger partial charge in [-0.3, -0.25) is 0 Å². The molecule has 0 aliphatic heterocycles. The topological polar surface area (TPSA) is 50.8 Å². The first-order valence-electron chi connectivity index (χ1n) is 4.76. The summed E-state index contributed by atoms with van der Waals surface area (Å²) in [5.74, 6) is 0.574. The van der Waals surface area contributed by atoms with Crippen LogP contribution in [0.15, 0.2) is 24.4 Å². The monoisotopic (exact) mass is 233 g/mol. The minimum atomic E-state index is 0.471. The summed E-state index contributed by atoms with van der Waals surface area (Å²) in [5.41, 5.74) is 1.70. The van der Waals surface area contributed by atoms with Crippen LogP contribution in [0.25, 0.3) is 21.9 Å². The van der Waals surface area contributed by atoms with E-state index in [2.05, 4.69) is 15.0 Å². The van der Waals surface area contributed by atoms with E-state index in [1.165, 1.54) is 0 Å². The van der Waals surface area contributed by atoms with Gasteiger partial charge in [-0.1, -0.05) is 11.6 Å². The van der Waals surface area contributed by atoms with Crippen molar-refractivity contribution in [1.29, 1.82) is 0 Å². The van der Waals surface area contributed by atoms with E-state index < -0.39 is 0 Å². The van der Waals surface area contributed by atoms with Crippen molar-refractivity contribution >= 4 is 33.5 Å². The van der Waals surface area contributed by atoms with Gasteiger partial charge in [-0.2, -0.15) is 0 Å². The van der Waals surface area contributed by atoms with E-state index in [1.807, 2.05) is 12.1 Å². The van der Waals surface area contributed by atoms with Crippen LogP contribution in [0.5, 0.6) is 5.88 Å². The minimum Gasteiger partial charge on any atom is -0.481 e. The van der Waals surface area contributed by atoms with E-state index in [-0.39, 0.29) is 0 Å². The fourth-order valence-corrected chi connectivity index (χ4v) is 1.89. The Morgan fingerprint density at radius 1 is 1.31 bits per heavy atom. The molecule has 80 valence electrons. The molecule has 0 bridgehead atoms. The average Bonchev–Trinajstić information content (AvgIpc) is 2.64. The van der Waals surface area contributed by atoms with Gasteiger partial charge in [0.25, 0.3) is 0 Å². The van der Waals surface area contributed by atoms with Crippen LogP contribution in [-0.2, 0) is 0 Å². The number of nitrogens with zero attached hydrogens (tertiary/aromatic N) is 2. The molecule has 3 aromatic heterocycles. The highest BCUT2D eigenvalue weighted by atomic mass is 35.5. The molecule has 0 aliphatic carbocycles. The third-order valence-corrected chi connectivity index (χ3v) is 2.70. The van der Waals surface area contributed by atoms with Gasteiger partial charge in [0, 0.05) is 23.0 Å². The van der Waals surface area contributed by atoms with Crippen molar-refractivity contribution in [3.8, 4) is 5.88 Å². The molecular formula is C11H8ClN3O. The zero-order valence-corrected chi connectivity index (χ0v) is 9.25. The first-order chi connectivity index (χ1) is 7.78. The number of pyridine rings is 2. The summed E-state index contributed by atoms with van der Waals surface area (Å²) in [6.45, 7) is 0. The van der Waals surface area contributed by atoms with Crippen LogP contribution in [-0.4, -0.2) is 22.1 Å². The molecule has 0 radical (unpaired) electrons. The molecule has 0 aliphatic rings. The van der Waals surface area contributed by atoms with E-state index in [4.69, 9.17) is 16.3 Å². The first-order valence-corrected chi connectivity index (χ1v) is 5.14. The van der Waals surface area contributed by atoms with Gasteiger partial charge in [0.15, 0.2) is 0 Å². The maximum Gasteiger partial charge on any atom is 0.215 e. The van der Waals surface area contributed by atoms with Crippen molar-refractivity contribution in [2.45, 2.75) is 0 Å². The SMILES string of the molecule is COc1cc2[nH]c3nc(Cl)ccc3c2cn1. The lowest BCUT2D eigenvalue weighted by atomic mass is 10.2. The molecular weight excluding hydrogens is 226 g/mol. The number of halogens is 1. The Morgan fingerprint density at radius 3 is 3.00 bits per heavy atom. The molecule has 3 heterocycles. The van der Waals surface area contributed by atoms with Gasteiger partial charge in [-0.05, 0) is 12.1 Å². The number of fused-ring (bicyclic) bond motifs is 3. The van der Waals surface area contributed by atoms with Gasteiger partial charge in [-0.15, -0.1) is 0 Å². The third kappa shape index (κ3) is 1.31. The summed E-state index contributed by atoms with van der Waals surface area (Å²) in [7, 11) is 1.59. The molecule has 0 saturated heterocycles. The van der Waals surface area contributed by atoms with Gasteiger partial charge in [-0.25, -0.2) is 9.97 Å². The van der Waals surface area contributed by atoms with Crippen molar-refractivity contribution in [2.24, 2.45) is 0 Å². The quantitative estimate of drug-likeness (QED) is 0.658. The summed E-state index contributed by atoms with van der Waals surface area (Å²) >= 11 is 5.83. The number of aromatic amines is 1. The van der Waals surface area contributed by atoms with Crippen molar-refractivity contribution in [3.05, 3.63) is 29.5 Å². The second-order valence-electron chi connectivity index (χ2n) is 3.43. The molecule has 0 spiro atoms. The fraction of sp³-hybridized carbons (Fsp3) is 0.0909. The molecule has 0 fully saturated rings. The van der Waals surface area contributed by atoms with Crippen LogP contribution >= 0.6 is 11.6 Å². The molecule has 0 saturated carbocycles. The predicted octanol–water partition coefficient (Wildman–Crippen LogP) is 2.77. The van der Waals surface area contributed by atoms with Gasteiger partial charge in [0.1, 0.15) is 10.8 Å². The number of hydrogen-bond acceptors (Lipinski definition) is 3. The summed E-state index contributed by atoms with van der Waals surface area (Å²) < 4.78 is 5.06. The highest BCUT2D eigenvalue weighted by molar-refractivity contribution is 6.30. The highest BCUT2D eigenvalue weighted by Gasteiger charge is 2.07. The number of H-pyrrole nitrogens is 1. The van der Waals surface area contributed by atoms with Crippen LogP contribution in [0.3, 0.4) is 0 Å². The standard InChI is InChI=1S/C11H8ClN3O/c1-16-10-4-8-7(5-13-10)6-2-3-9(12)15-11(6)14-8/h2-5H,1H3,(H,14,15). The molecule has 0 amide bonds. The Morgan fingerprint density at radius 2 is 2.19 bits per heavy atom. The normalized spacial score (nSPS) is 11.1. The summed E-state index contributed by atoms with van der Waals surface area (Å²) in [6.07, 6.45) is 1.77. The third-order valence-electron chi connectivity index (χ3n) is 2.49. The van der Waals surface area contributed by atoms with E-state index >= 15 is 0 Å². The molecule has 3 rings (SSSR count). The van der Waals surface area contributed by atoms with Crippen molar-refractivity contribution < 1.29 is 4.74 Å². The number of nitrogens with one attached hydrogen (secondary N) is 1. The maximum absolute atomic E-state index is 5.83. The highest BCUT2D eigenvalue weighted by Crippen LogP contribution is 2.26.